The molecule has 0 bridgehead atoms. The van der Waals surface area contributed by atoms with Crippen molar-refractivity contribution in [2.75, 3.05) is 0 Å². The summed E-state index contributed by atoms with van der Waals surface area (Å²) in [6, 6.07) is 7.20. The standard InChI is InChI=1S/C18H27N3/c1-6-7-18-17(12-21(5)20-18)16-10-14(4)8-9-15(16)11-19-13(2)3/h8-10,12-13,19H,6-7,11H2,1-5H3. The maximum Gasteiger partial charge on any atom is 0.0702 e. The van der Waals surface area contributed by atoms with E-state index in [1.165, 1.54) is 27.9 Å². The molecule has 0 aliphatic carbocycles. The van der Waals surface area contributed by atoms with E-state index in [0.29, 0.717) is 6.04 Å². The van der Waals surface area contributed by atoms with E-state index in [1.807, 2.05) is 11.7 Å². The van der Waals surface area contributed by atoms with Crippen LogP contribution in [-0.2, 0) is 20.0 Å². The predicted octanol–water partition coefficient (Wildman–Crippen LogP) is 3.85. The van der Waals surface area contributed by atoms with E-state index in [-0.39, 0.29) is 0 Å². The van der Waals surface area contributed by atoms with Crippen LogP contribution in [-0.4, -0.2) is 15.8 Å². The van der Waals surface area contributed by atoms with Crippen molar-refractivity contribution < 1.29 is 0 Å². The molecule has 0 unspecified atom stereocenters. The Bertz CT molecular complexity index is 597. The molecule has 1 heterocycles. The smallest absolute Gasteiger partial charge is 0.0702 e. The van der Waals surface area contributed by atoms with E-state index in [4.69, 9.17) is 0 Å². The molecular formula is C18H27N3. The quantitative estimate of drug-likeness (QED) is 0.873. The van der Waals surface area contributed by atoms with Crippen LogP contribution in [0, 0.1) is 6.92 Å². The van der Waals surface area contributed by atoms with Gasteiger partial charge in [0.05, 0.1) is 5.69 Å². The highest BCUT2D eigenvalue weighted by molar-refractivity contribution is 5.70. The summed E-state index contributed by atoms with van der Waals surface area (Å²) < 4.78 is 1.93. The second kappa shape index (κ2) is 6.90. The summed E-state index contributed by atoms with van der Waals surface area (Å²) in [7, 11) is 2.00. The number of aryl methyl sites for hydroxylation is 3. The van der Waals surface area contributed by atoms with Gasteiger partial charge in [0.25, 0.3) is 0 Å². The lowest BCUT2D eigenvalue weighted by atomic mass is 9.96. The number of nitrogens with one attached hydrogen (secondary N) is 1. The molecule has 2 aromatic rings. The average Bonchev–Trinajstić information content (AvgIpc) is 2.78. The Labute approximate surface area is 128 Å². The van der Waals surface area contributed by atoms with Crippen LogP contribution in [0.5, 0.6) is 0 Å². The summed E-state index contributed by atoms with van der Waals surface area (Å²) in [4.78, 5) is 0. The summed E-state index contributed by atoms with van der Waals surface area (Å²) >= 11 is 0. The Morgan fingerprint density at radius 1 is 1.24 bits per heavy atom. The maximum atomic E-state index is 4.64. The lowest BCUT2D eigenvalue weighted by Gasteiger charge is -2.13. The first-order chi connectivity index (χ1) is 10.0. The van der Waals surface area contributed by atoms with Crippen LogP contribution < -0.4 is 5.32 Å². The van der Waals surface area contributed by atoms with Gasteiger partial charge >= 0.3 is 0 Å². The SMILES string of the molecule is CCCc1nn(C)cc1-c1cc(C)ccc1CNC(C)C. The molecule has 1 aromatic heterocycles. The topological polar surface area (TPSA) is 29.9 Å². The molecule has 0 fully saturated rings. The van der Waals surface area contributed by atoms with Gasteiger partial charge in [0.15, 0.2) is 0 Å². The van der Waals surface area contributed by atoms with E-state index >= 15 is 0 Å². The largest absolute Gasteiger partial charge is 0.310 e. The zero-order valence-electron chi connectivity index (χ0n) is 13.9. The number of rotatable bonds is 6. The zero-order chi connectivity index (χ0) is 15.4. The van der Waals surface area contributed by atoms with Gasteiger partial charge in [-0.15, -0.1) is 0 Å². The molecule has 21 heavy (non-hydrogen) atoms. The molecule has 0 atom stereocenters. The molecule has 2 rings (SSSR count). The van der Waals surface area contributed by atoms with E-state index in [1.54, 1.807) is 0 Å². The number of nitrogens with zero attached hydrogens (tertiary/aromatic N) is 2. The highest BCUT2D eigenvalue weighted by Crippen LogP contribution is 2.28. The summed E-state index contributed by atoms with van der Waals surface area (Å²) in [5, 5.41) is 8.16. The lowest BCUT2D eigenvalue weighted by molar-refractivity contribution is 0.589. The minimum Gasteiger partial charge on any atom is -0.310 e. The normalized spacial score (nSPS) is 11.3. The molecule has 1 aromatic carbocycles. The lowest BCUT2D eigenvalue weighted by Crippen LogP contribution is -2.22. The van der Waals surface area contributed by atoms with Crippen molar-refractivity contribution in [3.05, 3.63) is 41.2 Å². The molecule has 0 saturated heterocycles. The number of hydrogen-bond donors (Lipinski definition) is 1. The Kier molecular flexibility index (Phi) is 5.18. The summed E-state index contributed by atoms with van der Waals surface area (Å²) in [6.07, 6.45) is 4.30. The summed E-state index contributed by atoms with van der Waals surface area (Å²) in [5.41, 5.74) is 6.45. The second-order valence-corrected chi connectivity index (χ2v) is 6.11. The van der Waals surface area contributed by atoms with Crippen LogP contribution in [0.25, 0.3) is 11.1 Å². The molecule has 0 radical (unpaired) electrons. The van der Waals surface area contributed by atoms with Gasteiger partial charge in [0.1, 0.15) is 0 Å². The van der Waals surface area contributed by atoms with Crippen LogP contribution in [0.15, 0.2) is 24.4 Å². The van der Waals surface area contributed by atoms with Crippen molar-refractivity contribution in [3.63, 3.8) is 0 Å². The van der Waals surface area contributed by atoms with Gasteiger partial charge in [0, 0.05) is 31.4 Å². The first kappa shape index (κ1) is 15.8. The van der Waals surface area contributed by atoms with Crippen molar-refractivity contribution in [1.29, 1.82) is 0 Å². The van der Waals surface area contributed by atoms with Crippen molar-refractivity contribution in [1.82, 2.24) is 15.1 Å². The summed E-state index contributed by atoms with van der Waals surface area (Å²) in [6.45, 7) is 9.61. The maximum absolute atomic E-state index is 4.64. The Balaban J connectivity index is 2.43. The van der Waals surface area contributed by atoms with Gasteiger partial charge < -0.3 is 5.32 Å². The molecule has 3 heteroatoms. The highest BCUT2D eigenvalue weighted by Gasteiger charge is 2.13. The van der Waals surface area contributed by atoms with Gasteiger partial charge in [-0.2, -0.15) is 5.10 Å². The van der Waals surface area contributed by atoms with Crippen molar-refractivity contribution in [2.24, 2.45) is 7.05 Å². The molecule has 3 nitrogen and oxygen atoms in total. The van der Waals surface area contributed by atoms with E-state index < -0.39 is 0 Å². The third-order valence-corrected chi connectivity index (χ3v) is 3.65. The molecular weight excluding hydrogens is 258 g/mol. The van der Waals surface area contributed by atoms with Gasteiger partial charge in [-0.25, -0.2) is 0 Å². The number of benzene rings is 1. The minimum absolute atomic E-state index is 0.489. The van der Waals surface area contributed by atoms with Crippen molar-refractivity contribution in [2.45, 2.75) is 53.1 Å². The molecule has 1 N–H and O–H groups in total. The van der Waals surface area contributed by atoms with Crippen LogP contribution >= 0.6 is 0 Å². The number of aromatic nitrogens is 2. The number of hydrogen-bond acceptors (Lipinski definition) is 2. The summed E-state index contributed by atoms with van der Waals surface area (Å²) in [5.74, 6) is 0. The fraction of sp³-hybridized carbons (Fsp3) is 0.500. The van der Waals surface area contributed by atoms with E-state index in [9.17, 15) is 0 Å². The van der Waals surface area contributed by atoms with E-state index in [2.05, 4.69) is 62.5 Å². The highest BCUT2D eigenvalue weighted by atomic mass is 15.2. The Morgan fingerprint density at radius 3 is 2.67 bits per heavy atom. The molecule has 0 spiro atoms. The fourth-order valence-corrected chi connectivity index (χ4v) is 2.59. The molecule has 114 valence electrons. The van der Waals surface area contributed by atoms with E-state index in [0.717, 1.165) is 19.4 Å². The van der Waals surface area contributed by atoms with Crippen molar-refractivity contribution in [3.8, 4) is 11.1 Å². The Morgan fingerprint density at radius 2 is 2.00 bits per heavy atom. The molecule has 0 aliphatic rings. The first-order valence-electron chi connectivity index (χ1n) is 7.87. The van der Waals surface area contributed by atoms with Gasteiger partial charge in [-0.1, -0.05) is 51.0 Å². The Hall–Kier alpha value is -1.61. The van der Waals surface area contributed by atoms with Crippen LogP contribution in [0.2, 0.25) is 0 Å². The van der Waals surface area contributed by atoms with Gasteiger partial charge in [0.2, 0.25) is 0 Å². The van der Waals surface area contributed by atoms with Crippen LogP contribution in [0.3, 0.4) is 0 Å². The second-order valence-electron chi connectivity index (χ2n) is 6.11. The third kappa shape index (κ3) is 3.94. The molecule has 0 saturated carbocycles. The molecule has 0 aliphatic heterocycles. The minimum atomic E-state index is 0.489. The van der Waals surface area contributed by atoms with Crippen molar-refractivity contribution >= 4 is 0 Å². The van der Waals surface area contributed by atoms with Crippen LogP contribution in [0.1, 0.15) is 44.0 Å². The zero-order valence-corrected chi connectivity index (χ0v) is 13.9. The monoisotopic (exact) mass is 285 g/mol. The average molecular weight is 285 g/mol. The van der Waals surface area contributed by atoms with Crippen LogP contribution in [0.4, 0.5) is 0 Å². The third-order valence-electron chi connectivity index (χ3n) is 3.65. The first-order valence-corrected chi connectivity index (χ1v) is 7.87. The van der Waals surface area contributed by atoms with Gasteiger partial charge in [-0.3, -0.25) is 4.68 Å². The molecule has 0 amide bonds. The van der Waals surface area contributed by atoms with Gasteiger partial charge in [-0.05, 0) is 24.5 Å². The predicted molar refractivity (Wildman–Crippen MR) is 89.4 cm³/mol. The fourth-order valence-electron chi connectivity index (χ4n) is 2.59.